The number of piperidine rings is 1. The van der Waals surface area contributed by atoms with Crippen molar-refractivity contribution < 1.29 is 4.79 Å². The van der Waals surface area contributed by atoms with E-state index in [0.717, 1.165) is 24.1 Å². The third-order valence-corrected chi connectivity index (χ3v) is 4.83. The monoisotopic (exact) mass is 363 g/mol. The Morgan fingerprint density at radius 2 is 2.04 bits per heavy atom. The zero-order valence-corrected chi connectivity index (χ0v) is 15.1. The Bertz CT molecular complexity index is 983. The molecule has 1 aromatic carbocycles. The summed E-state index contributed by atoms with van der Waals surface area (Å²) in [6.07, 6.45) is 4.65. The van der Waals surface area contributed by atoms with Crippen molar-refractivity contribution in [3.05, 3.63) is 42.4 Å². The van der Waals surface area contributed by atoms with E-state index in [0.29, 0.717) is 35.9 Å². The summed E-state index contributed by atoms with van der Waals surface area (Å²) in [5.74, 6) is 0.962. The van der Waals surface area contributed by atoms with Crippen molar-refractivity contribution in [2.75, 3.05) is 23.3 Å². The Hall–Kier alpha value is -3.29. The van der Waals surface area contributed by atoms with Crippen LogP contribution in [0.1, 0.15) is 18.4 Å². The van der Waals surface area contributed by atoms with Crippen molar-refractivity contribution >= 4 is 34.4 Å². The number of nitrogens with one attached hydrogen (secondary N) is 1. The van der Waals surface area contributed by atoms with Crippen molar-refractivity contribution in [1.29, 1.82) is 0 Å². The first-order valence-electron chi connectivity index (χ1n) is 8.96. The van der Waals surface area contributed by atoms with Crippen molar-refractivity contribution in [2.45, 2.75) is 19.8 Å². The molecule has 3 aromatic rings. The molecule has 27 heavy (non-hydrogen) atoms. The maximum Gasteiger partial charge on any atom is 0.226 e. The second-order valence-electron chi connectivity index (χ2n) is 6.78. The molecule has 4 rings (SSSR count). The number of carbonyl (C=O) groups excluding carboxylic acids is 1. The first-order chi connectivity index (χ1) is 13.1. The Labute approximate surface area is 156 Å². The van der Waals surface area contributed by atoms with E-state index in [4.69, 9.17) is 10.7 Å². The summed E-state index contributed by atoms with van der Waals surface area (Å²) in [5, 5.41) is 3.32. The number of primary amides is 1. The molecule has 8 nitrogen and oxygen atoms in total. The van der Waals surface area contributed by atoms with Crippen LogP contribution in [0.15, 0.2) is 36.8 Å². The zero-order chi connectivity index (χ0) is 18.8. The van der Waals surface area contributed by atoms with Crippen LogP contribution < -0.4 is 16.0 Å². The van der Waals surface area contributed by atoms with Gasteiger partial charge in [0.2, 0.25) is 11.9 Å². The molecule has 0 radical (unpaired) electrons. The second kappa shape index (κ2) is 7.14. The standard InChI is InChI=1S/C19H21N7O/c1-12-3-2-4-14(9-12)24-18-16-15(22-11-23-18)10-21-19(25-16)26-7-5-13(6-8-26)17(20)27/h2-4,9-11,13H,5-8H2,1H3,(H2,20,27)(H,22,23,24). The van der Waals surface area contributed by atoms with Gasteiger partial charge in [0.15, 0.2) is 5.82 Å². The van der Waals surface area contributed by atoms with E-state index >= 15 is 0 Å². The Morgan fingerprint density at radius 3 is 2.78 bits per heavy atom. The fourth-order valence-electron chi connectivity index (χ4n) is 3.31. The average Bonchev–Trinajstić information content (AvgIpc) is 2.68. The highest BCUT2D eigenvalue weighted by Crippen LogP contribution is 2.25. The lowest BCUT2D eigenvalue weighted by atomic mass is 9.96. The lowest BCUT2D eigenvalue weighted by Gasteiger charge is -2.30. The highest BCUT2D eigenvalue weighted by atomic mass is 16.1. The van der Waals surface area contributed by atoms with Gasteiger partial charge in [0.05, 0.1) is 6.20 Å². The fraction of sp³-hybridized carbons (Fsp3) is 0.316. The first-order valence-corrected chi connectivity index (χ1v) is 8.96. The number of amides is 1. The molecule has 1 aliphatic rings. The number of hydrogen-bond acceptors (Lipinski definition) is 7. The second-order valence-corrected chi connectivity index (χ2v) is 6.78. The van der Waals surface area contributed by atoms with Gasteiger partial charge in [-0.15, -0.1) is 0 Å². The van der Waals surface area contributed by atoms with Crippen LogP contribution in [-0.2, 0) is 4.79 Å². The molecular weight excluding hydrogens is 342 g/mol. The predicted molar refractivity (Wildman–Crippen MR) is 104 cm³/mol. The van der Waals surface area contributed by atoms with E-state index in [9.17, 15) is 4.79 Å². The van der Waals surface area contributed by atoms with Gasteiger partial charge in [-0.05, 0) is 37.5 Å². The predicted octanol–water partition coefficient (Wildman–Crippen LogP) is 2.17. The fourth-order valence-corrected chi connectivity index (χ4v) is 3.31. The molecule has 1 amide bonds. The Morgan fingerprint density at radius 1 is 1.22 bits per heavy atom. The quantitative estimate of drug-likeness (QED) is 0.731. The van der Waals surface area contributed by atoms with Crippen LogP contribution in [0.4, 0.5) is 17.5 Å². The maximum atomic E-state index is 11.4. The van der Waals surface area contributed by atoms with Crippen LogP contribution in [0.3, 0.4) is 0 Å². The smallest absolute Gasteiger partial charge is 0.226 e. The normalized spacial score (nSPS) is 15.1. The molecule has 138 valence electrons. The minimum absolute atomic E-state index is 0.0661. The summed E-state index contributed by atoms with van der Waals surface area (Å²) in [6, 6.07) is 8.06. The van der Waals surface area contributed by atoms with Gasteiger partial charge in [-0.25, -0.2) is 19.9 Å². The number of hydrogen-bond donors (Lipinski definition) is 2. The molecule has 0 spiro atoms. The van der Waals surface area contributed by atoms with E-state index in [1.54, 1.807) is 6.20 Å². The van der Waals surface area contributed by atoms with Crippen LogP contribution in [0.2, 0.25) is 0 Å². The summed E-state index contributed by atoms with van der Waals surface area (Å²) in [4.78, 5) is 31.2. The molecule has 3 N–H and O–H groups in total. The van der Waals surface area contributed by atoms with Gasteiger partial charge < -0.3 is 16.0 Å². The zero-order valence-electron chi connectivity index (χ0n) is 15.1. The van der Waals surface area contributed by atoms with Crippen molar-refractivity contribution in [1.82, 2.24) is 19.9 Å². The molecule has 1 fully saturated rings. The van der Waals surface area contributed by atoms with Gasteiger partial charge in [0, 0.05) is 24.7 Å². The van der Waals surface area contributed by atoms with Crippen molar-refractivity contribution in [3.63, 3.8) is 0 Å². The van der Waals surface area contributed by atoms with Crippen LogP contribution in [0, 0.1) is 12.8 Å². The lowest BCUT2D eigenvalue weighted by Crippen LogP contribution is -2.39. The van der Waals surface area contributed by atoms with E-state index < -0.39 is 0 Å². The first kappa shape index (κ1) is 17.1. The summed E-state index contributed by atoms with van der Waals surface area (Å²) >= 11 is 0. The van der Waals surface area contributed by atoms with Crippen LogP contribution in [-0.4, -0.2) is 38.9 Å². The Balaban J connectivity index is 1.62. The third-order valence-electron chi connectivity index (χ3n) is 4.83. The summed E-state index contributed by atoms with van der Waals surface area (Å²) < 4.78 is 0. The van der Waals surface area contributed by atoms with Crippen LogP contribution >= 0.6 is 0 Å². The number of benzene rings is 1. The number of carbonyl (C=O) groups is 1. The minimum Gasteiger partial charge on any atom is -0.369 e. The topological polar surface area (TPSA) is 110 Å². The summed E-state index contributed by atoms with van der Waals surface area (Å²) in [6.45, 7) is 3.44. The molecule has 0 aliphatic carbocycles. The van der Waals surface area contributed by atoms with Gasteiger partial charge in [0.1, 0.15) is 17.4 Å². The number of aromatic nitrogens is 4. The van der Waals surface area contributed by atoms with E-state index in [1.165, 1.54) is 6.33 Å². The number of aryl methyl sites for hydroxylation is 1. The highest BCUT2D eigenvalue weighted by Gasteiger charge is 2.24. The van der Waals surface area contributed by atoms with Crippen molar-refractivity contribution in [3.8, 4) is 0 Å². The summed E-state index contributed by atoms with van der Waals surface area (Å²) in [7, 11) is 0. The lowest BCUT2D eigenvalue weighted by molar-refractivity contribution is -0.122. The van der Waals surface area contributed by atoms with Gasteiger partial charge in [0.25, 0.3) is 0 Å². The van der Waals surface area contributed by atoms with Gasteiger partial charge in [-0.2, -0.15) is 0 Å². The van der Waals surface area contributed by atoms with E-state index in [-0.39, 0.29) is 11.8 Å². The molecule has 0 atom stereocenters. The number of rotatable bonds is 4. The third kappa shape index (κ3) is 3.64. The SMILES string of the molecule is Cc1cccc(Nc2ncnc3cnc(N4CCC(C(N)=O)CC4)nc23)c1. The number of fused-ring (bicyclic) bond motifs is 1. The molecule has 0 saturated carbocycles. The number of nitrogens with two attached hydrogens (primary N) is 1. The van der Waals surface area contributed by atoms with E-state index in [2.05, 4.69) is 25.2 Å². The van der Waals surface area contributed by atoms with Crippen LogP contribution in [0.25, 0.3) is 11.0 Å². The number of nitrogens with zero attached hydrogens (tertiary/aromatic N) is 5. The van der Waals surface area contributed by atoms with Crippen molar-refractivity contribution in [2.24, 2.45) is 11.7 Å². The highest BCUT2D eigenvalue weighted by molar-refractivity contribution is 5.87. The van der Waals surface area contributed by atoms with Gasteiger partial charge in [-0.1, -0.05) is 12.1 Å². The van der Waals surface area contributed by atoms with Crippen LogP contribution in [0.5, 0.6) is 0 Å². The largest absolute Gasteiger partial charge is 0.369 e. The minimum atomic E-state index is -0.230. The van der Waals surface area contributed by atoms with E-state index in [1.807, 2.05) is 31.2 Å². The molecule has 0 bridgehead atoms. The molecule has 8 heteroatoms. The maximum absolute atomic E-state index is 11.4. The van der Waals surface area contributed by atoms with Gasteiger partial charge >= 0.3 is 0 Å². The molecule has 3 heterocycles. The Kier molecular flexibility index (Phi) is 4.53. The number of anilines is 3. The molecule has 1 aliphatic heterocycles. The summed E-state index contributed by atoms with van der Waals surface area (Å²) in [5.41, 5.74) is 8.86. The molecule has 1 saturated heterocycles. The molecule has 2 aromatic heterocycles. The average molecular weight is 363 g/mol. The van der Waals surface area contributed by atoms with Gasteiger partial charge in [-0.3, -0.25) is 4.79 Å². The molecular formula is C19H21N7O. The molecule has 0 unspecified atom stereocenters.